The third kappa shape index (κ3) is 7.98. The third-order valence-electron chi connectivity index (χ3n) is 7.38. The Morgan fingerprint density at radius 2 is 1.52 bits per heavy atom. The Bertz CT molecular complexity index is 1480. The zero-order valence-corrected chi connectivity index (χ0v) is 26.4. The van der Waals surface area contributed by atoms with Gasteiger partial charge < -0.3 is 10.2 Å². The predicted octanol–water partition coefficient (Wildman–Crippen LogP) is 7.10. The van der Waals surface area contributed by atoms with Crippen LogP contribution in [0.5, 0.6) is 0 Å². The minimum Gasteiger partial charge on any atom is -0.352 e. The molecule has 11 heteroatoms. The number of nitrogens with one attached hydrogen (secondary N) is 1. The van der Waals surface area contributed by atoms with E-state index in [1.165, 1.54) is 35.2 Å². The Kier molecular flexibility index (Phi) is 11.2. The summed E-state index contributed by atoms with van der Waals surface area (Å²) in [5, 5.41) is 3.99. The molecular formula is C31H34Cl3N3O4S. The monoisotopic (exact) mass is 649 g/mol. The average molecular weight is 651 g/mol. The molecule has 1 saturated carbocycles. The lowest BCUT2D eigenvalue weighted by molar-refractivity contribution is -0.140. The van der Waals surface area contributed by atoms with Crippen LogP contribution in [0.2, 0.25) is 15.1 Å². The van der Waals surface area contributed by atoms with Gasteiger partial charge in [0, 0.05) is 27.7 Å². The lowest BCUT2D eigenvalue weighted by atomic mass is 9.95. The second-order valence-corrected chi connectivity index (χ2v) is 13.5. The van der Waals surface area contributed by atoms with Gasteiger partial charge in [-0.15, -0.1) is 0 Å². The smallest absolute Gasteiger partial charge is 0.264 e. The molecule has 0 heterocycles. The molecule has 1 aliphatic carbocycles. The Hall–Kier alpha value is -2.78. The number of nitrogens with zero attached hydrogens (tertiary/aromatic N) is 2. The van der Waals surface area contributed by atoms with Crippen molar-refractivity contribution < 1.29 is 18.0 Å². The molecule has 3 aromatic rings. The number of halogens is 3. The molecule has 1 fully saturated rings. The molecule has 0 unspecified atom stereocenters. The molecule has 1 aliphatic rings. The van der Waals surface area contributed by atoms with Gasteiger partial charge in [-0.05, 0) is 61.2 Å². The second kappa shape index (κ2) is 14.6. The lowest BCUT2D eigenvalue weighted by Gasteiger charge is -2.34. The van der Waals surface area contributed by atoms with Gasteiger partial charge >= 0.3 is 0 Å². The first-order valence-corrected chi connectivity index (χ1v) is 16.5. The minimum absolute atomic E-state index is 0.00589. The molecule has 7 nitrogen and oxygen atoms in total. The molecule has 0 aromatic heterocycles. The molecular weight excluding hydrogens is 617 g/mol. The van der Waals surface area contributed by atoms with Crippen molar-refractivity contribution in [2.75, 3.05) is 10.8 Å². The fraction of sp³-hybridized carbons (Fsp3) is 0.355. The maximum absolute atomic E-state index is 14.2. The van der Waals surface area contributed by atoms with Crippen molar-refractivity contribution >= 4 is 62.3 Å². The minimum atomic E-state index is -4.23. The van der Waals surface area contributed by atoms with Gasteiger partial charge in [-0.3, -0.25) is 13.9 Å². The van der Waals surface area contributed by atoms with E-state index in [1.807, 2.05) is 6.92 Å². The SMILES string of the molecule is CC[C@H](C(=O)NC1CCCCC1)N(Cc1ccccc1Cl)C(=O)CN(c1cc(Cl)cc(Cl)c1)S(=O)(=O)c1ccccc1. The maximum Gasteiger partial charge on any atom is 0.264 e. The van der Waals surface area contributed by atoms with Crippen LogP contribution in [0.3, 0.4) is 0 Å². The molecule has 1 atom stereocenters. The Morgan fingerprint density at radius 1 is 0.905 bits per heavy atom. The number of anilines is 1. The second-order valence-electron chi connectivity index (χ2n) is 10.3. The molecule has 2 amide bonds. The van der Waals surface area contributed by atoms with E-state index in [2.05, 4.69) is 5.32 Å². The molecule has 3 aromatic carbocycles. The summed E-state index contributed by atoms with van der Waals surface area (Å²) < 4.78 is 28.8. The third-order valence-corrected chi connectivity index (χ3v) is 9.97. The molecule has 224 valence electrons. The first-order chi connectivity index (χ1) is 20.1. The van der Waals surface area contributed by atoms with Crippen molar-refractivity contribution in [3.63, 3.8) is 0 Å². The van der Waals surface area contributed by atoms with Crippen molar-refractivity contribution in [3.05, 3.63) is 93.4 Å². The van der Waals surface area contributed by atoms with Crippen LogP contribution in [-0.2, 0) is 26.2 Å². The van der Waals surface area contributed by atoms with Crippen LogP contribution in [0.1, 0.15) is 51.0 Å². The van der Waals surface area contributed by atoms with E-state index < -0.39 is 28.5 Å². The van der Waals surface area contributed by atoms with Gasteiger partial charge in [-0.2, -0.15) is 0 Å². The summed E-state index contributed by atoms with van der Waals surface area (Å²) in [4.78, 5) is 29.3. The summed E-state index contributed by atoms with van der Waals surface area (Å²) in [6.45, 7) is 1.25. The van der Waals surface area contributed by atoms with Crippen molar-refractivity contribution in [2.45, 2.75) is 69.0 Å². The summed E-state index contributed by atoms with van der Waals surface area (Å²) in [5.41, 5.74) is 0.766. The highest BCUT2D eigenvalue weighted by Gasteiger charge is 2.35. The number of rotatable bonds is 11. The van der Waals surface area contributed by atoms with Crippen LogP contribution in [0.15, 0.2) is 77.7 Å². The molecule has 4 rings (SSSR count). The van der Waals surface area contributed by atoms with E-state index in [9.17, 15) is 18.0 Å². The fourth-order valence-corrected chi connectivity index (χ4v) is 7.33. The van der Waals surface area contributed by atoms with Gasteiger partial charge in [0.05, 0.1) is 10.6 Å². The number of sulfonamides is 1. The van der Waals surface area contributed by atoms with Gasteiger partial charge in [0.2, 0.25) is 11.8 Å². The first-order valence-electron chi connectivity index (χ1n) is 14.0. The summed E-state index contributed by atoms with van der Waals surface area (Å²) in [6.07, 6.45) is 5.32. The topological polar surface area (TPSA) is 86.8 Å². The van der Waals surface area contributed by atoms with Crippen LogP contribution >= 0.6 is 34.8 Å². The zero-order chi connectivity index (χ0) is 30.3. The van der Waals surface area contributed by atoms with Crippen LogP contribution in [0.4, 0.5) is 5.69 Å². The zero-order valence-electron chi connectivity index (χ0n) is 23.3. The van der Waals surface area contributed by atoms with E-state index in [0.717, 1.165) is 36.4 Å². The highest BCUT2D eigenvalue weighted by atomic mass is 35.5. The summed E-state index contributed by atoms with van der Waals surface area (Å²) in [5.74, 6) is -0.843. The van der Waals surface area contributed by atoms with E-state index in [-0.39, 0.29) is 39.1 Å². The lowest BCUT2D eigenvalue weighted by Crippen LogP contribution is -2.54. The number of hydrogen-bond donors (Lipinski definition) is 1. The van der Waals surface area contributed by atoms with E-state index in [0.29, 0.717) is 17.0 Å². The van der Waals surface area contributed by atoms with E-state index >= 15 is 0 Å². The van der Waals surface area contributed by atoms with Gasteiger partial charge in [-0.1, -0.05) is 97.4 Å². The van der Waals surface area contributed by atoms with Crippen molar-refractivity contribution in [1.29, 1.82) is 0 Å². The molecule has 1 N–H and O–H groups in total. The highest BCUT2D eigenvalue weighted by molar-refractivity contribution is 7.92. The van der Waals surface area contributed by atoms with Gasteiger partial charge in [0.1, 0.15) is 12.6 Å². The van der Waals surface area contributed by atoms with Gasteiger partial charge in [-0.25, -0.2) is 8.42 Å². The average Bonchev–Trinajstić information content (AvgIpc) is 2.97. The van der Waals surface area contributed by atoms with E-state index in [4.69, 9.17) is 34.8 Å². The Labute approximate surface area is 262 Å². The first kappa shape index (κ1) is 32.1. The van der Waals surface area contributed by atoms with Crippen LogP contribution in [0, 0.1) is 0 Å². The van der Waals surface area contributed by atoms with Crippen molar-refractivity contribution in [2.24, 2.45) is 0 Å². The maximum atomic E-state index is 14.2. The van der Waals surface area contributed by atoms with Crippen LogP contribution < -0.4 is 9.62 Å². The van der Waals surface area contributed by atoms with Crippen LogP contribution in [-0.4, -0.2) is 43.8 Å². The molecule has 0 radical (unpaired) electrons. The molecule has 0 saturated heterocycles. The summed E-state index contributed by atoms with van der Waals surface area (Å²) in [7, 11) is -4.23. The summed E-state index contributed by atoms with van der Waals surface area (Å²) in [6, 6.07) is 18.4. The van der Waals surface area contributed by atoms with Crippen LogP contribution in [0.25, 0.3) is 0 Å². The molecule has 0 bridgehead atoms. The Balaban J connectivity index is 1.73. The Morgan fingerprint density at radius 3 is 2.14 bits per heavy atom. The normalized spacial score (nSPS) is 14.7. The standard InChI is InChI=1S/C31H34Cl3N3O4S/c1-2-29(31(39)35-25-12-5-3-6-13-25)36(20-22-11-9-10-16-28(22)34)30(38)21-37(26-18-23(32)17-24(33)19-26)42(40,41)27-14-7-4-8-15-27/h4,7-11,14-19,25,29H,2-3,5-6,12-13,20-21H2,1H3,(H,35,39)/t29-/m1/s1. The molecule has 0 aliphatic heterocycles. The number of carbonyl (C=O) groups is 2. The largest absolute Gasteiger partial charge is 0.352 e. The molecule has 0 spiro atoms. The molecule has 42 heavy (non-hydrogen) atoms. The number of carbonyl (C=O) groups excluding carboxylic acids is 2. The predicted molar refractivity (Wildman–Crippen MR) is 169 cm³/mol. The van der Waals surface area contributed by atoms with Gasteiger partial charge in [0.15, 0.2) is 0 Å². The quantitative estimate of drug-likeness (QED) is 0.240. The van der Waals surface area contributed by atoms with E-state index in [1.54, 1.807) is 42.5 Å². The number of amides is 2. The number of benzene rings is 3. The summed E-state index contributed by atoms with van der Waals surface area (Å²) >= 11 is 19.0. The van der Waals surface area contributed by atoms with Gasteiger partial charge in [0.25, 0.3) is 10.0 Å². The van der Waals surface area contributed by atoms with Crippen molar-refractivity contribution in [3.8, 4) is 0 Å². The highest BCUT2D eigenvalue weighted by Crippen LogP contribution is 2.30. The fourth-order valence-electron chi connectivity index (χ4n) is 5.21. The van der Waals surface area contributed by atoms with Crippen molar-refractivity contribution in [1.82, 2.24) is 10.2 Å². The number of hydrogen-bond acceptors (Lipinski definition) is 4.